The number of rotatable bonds is 1. The summed E-state index contributed by atoms with van der Waals surface area (Å²) in [5.41, 5.74) is -0.963. The summed E-state index contributed by atoms with van der Waals surface area (Å²) >= 11 is 0. The quantitative estimate of drug-likeness (QED) is 0.805. The van der Waals surface area contributed by atoms with Crippen molar-refractivity contribution in [2.45, 2.75) is 19.1 Å². The van der Waals surface area contributed by atoms with E-state index in [1.165, 1.54) is 6.92 Å². The second kappa shape index (κ2) is 4.06. The number of hydrogen-bond acceptors (Lipinski definition) is 4. The average Bonchev–Trinajstić information content (AvgIpc) is 2.61. The first kappa shape index (κ1) is 11.4. The zero-order chi connectivity index (χ0) is 11.8. The Bertz CT molecular complexity index is 369. The second-order valence-electron chi connectivity index (χ2n) is 3.54. The minimum atomic E-state index is -4.47. The molecule has 1 aliphatic rings. The molecule has 1 N–H and O–H groups in total. The molecular formula is C9H11F3N2O2. The molecule has 7 heteroatoms. The number of ether oxygens (including phenoxy) is 1. The Morgan fingerprint density at radius 1 is 1.44 bits per heavy atom. The molecule has 0 amide bonds. The number of hydrogen-bond donors (Lipinski definition) is 1. The maximum Gasteiger partial charge on any atom is 0.436 e. The van der Waals surface area contributed by atoms with Crippen molar-refractivity contribution in [3.63, 3.8) is 0 Å². The van der Waals surface area contributed by atoms with E-state index in [4.69, 9.17) is 9.15 Å². The number of alkyl halides is 3. The van der Waals surface area contributed by atoms with Gasteiger partial charge in [-0.1, -0.05) is 0 Å². The van der Waals surface area contributed by atoms with Crippen molar-refractivity contribution in [2.75, 3.05) is 19.8 Å². The number of aromatic nitrogens is 1. The number of nitrogens with zero attached hydrogens (tertiary/aromatic N) is 1. The minimum Gasteiger partial charge on any atom is -0.444 e. The summed E-state index contributed by atoms with van der Waals surface area (Å²) in [6.45, 7) is 2.65. The Hall–Kier alpha value is -1.08. The van der Waals surface area contributed by atoms with Crippen LogP contribution in [0.5, 0.6) is 0 Å². The fourth-order valence-corrected chi connectivity index (χ4v) is 1.55. The van der Waals surface area contributed by atoms with Crippen molar-refractivity contribution in [2.24, 2.45) is 0 Å². The lowest BCUT2D eigenvalue weighted by atomic mass is 10.3. The van der Waals surface area contributed by atoms with E-state index >= 15 is 0 Å². The molecule has 1 saturated heterocycles. The third kappa shape index (κ3) is 2.19. The Labute approximate surface area is 89.8 Å². The Morgan fingerprint density at radius 2 is 2.19 bits per heavy atom. The molecule has 0 aromatic carbocycles. The van der Waals surface area contributed by atoms with E-state index < -0.39 is 17.9 Å². The SMILES string of the molecule is Cc1oc(C2COCCN2)nc1C(F)(F)F. The van der Waals surface area contributed by atoms with Gasteiger partial charge < -0.3 is 14.5 Å². The molecular weight excluding hydrogens is 225 g/mol. The van der Waals surface area contributed by atoms with Gasteiger partial charge in [-0.25, -0.2) is 4.98 Å². The molecule has 0 radical (unpaired) electrons. The molecule has 1 aromatic heterocycles. The maximum atomic E-state index is 12.5. The van der Waals surface area contributed by atoms with Crippen LogP contribution in [0.25, 0.3) is 0 Å². The largest absolute Gasteiger partial charge is 0.444 e. The third-order valence-corrected chi connectivity index (χ3v) is 2.30. The van der Waals surface area contributed by atoms with Crippen LogP contribution in [0.3, 0.4) is 0 Å². The lowest BCUT2D eigenvalue weighted by Gasteiger charge is -2.20. The van der Waals surface area contributed by atoms with Gasteiger partial charge in [-0.3, -0.25) is 0 Å². The monoisotopic (exact) mass is 236 g/mol. The highest BCUT2D eigenvalue weighted by atomic mass is 19.4. The van der Waals surface area contributed by atoms with Crippen LogP contribution in [-0.2, 0) is 10.9 Å². The molecule has 1 aliphatic heterocycles. The van der Waals surface area contributed by atoms with E-state index in [1.807, 2.05) is 0 Å². The second-order valence-corrected chi connectivity index (χ2v) is 3.54. The molecule has 0 bridgehead atoms. The zero-order valence-electron chi connectivity index (χ0n) is 8.60. The van der Waals surface area contributed by atoms with Crippen LogP contribution >= 0.6 is 0 Å². The van der Waals surface area contributed by atoms with Crippen LogP contribution < -0.4 is 5.32 Å². The van der Waals surface area contributed by atoms with Crippen molar-refractivity contribution >= 4 is 0 Å². The van der Waals surface area contributed by atoms with E-state index in [2.05, 4.69) is 10.3 Å². The Balaban J connectivity index is 2.23. The first-order chi connectivity index (χ1) is 7.48. The topological polar surface area (TPSA) is 47.3 Å². The van der Waals surface area contributed by atoms with E-state index in [9.17, 15) is 13.2 Å². The Morgan fingerprint density at radius 3 is 2.69 bits per heavy atom. The van der Waals surface area contributed by atoms with Crippen LogP contribution in [-0.4, -0.2) is 24.7 Å². The molecule has 2 heterocycles. The summed E-state index contributed by atoms with van der Waals surface area (Å²) in [4.78, 5) is 3.47. The summed E-state index contributed by atoms with van der Waals surface area (Å²) < 4.78 is 47.5. The van der Waals surface area contributed by atoms with Gasteiger partial charge in [-0.15, -0.1) is 0 Å². The van der Waals surface area contributed by atoms with Gasteiger partial charge in [0.2, 0.25) is 5.89 Å². The fourth-order valence-electron chi connectivity index (χ4n) is 1.55. The fraction of sp³-hybridized carbons (Fsp3) is 0.667. The first-order valence-electron chi connectivity index (χ1n) is 4.84. The third-order valence-electron chi connectivity index (χ3n) is 2.30. The van der Waals surface area contributed by atoms with Gasteiger partial charge >= 0.3 is 6.18 Å². The maximum absolute atomic E-state index is 12.5. The van der Waals surface area contributed by atoms with Gasteiger partial charge in [0, 0.05) is 6.54 Å². The number of nitrogens with one attached hydrogen (secondary N) is 1. The zero-order valence-corrected chi connectivity index (χ0v) is 8.60. The van der Waals surface area contributed by atoms with Crippen LogP contribution in [0, 0.1) is 6.92 Å². The van der Waals surface area contributed by atoms with Gasteiger partial charge in [0.15, 0.2) is 5.69 Å². The average molecular weight is 236 g/mol. The molecule has 1 fully saturated rings. The minimum absolute atomic E-state index is 0.0320. The normalized spacial score (nSPS) is 22.4. The van der Waals surface area contributed by atoms with Crippen molar-refractivity contribution in [3.8, 4) is 0 Å². The number of aryl methyl sites for hydroxylation is 1. The summed E-state index contributed by atoms with van der Waals surface area (Å²) in [5, 5.41) is 2.98. The van der Waals surface area contributed by atoms with E-state index in [-0.39, 0.29) is 18.3 Å². The summed E-state index contributed by atoms with van der Waals surface area (Å²) in [6, 6.07) is -0.399. The highest BCUT2D eigenvalue weighted by molar-refractivity contribution is 5.13. The highest BCUT2D eigenvalue weighted by Crippen LogP contribution is 2.32. The molecule has 16 heavy (non-hydrogen) atoms. The predicted molar refractivity (Wildman–Crippen MR) is 47.8 cm³/mol. The number of morpholine rings is 1. The summed E-state index contributed by atoms with van der Waals surface area (Å²) in [6.07, 6.45) is -4.47. The van der Waals surface area contributed by atoms with Gasteiger partial charge in [0.05, 0.1) is 13.2 Å². The van der Waals surface area contributed by atoms with Crippen molar-refractivity contribution < 1.29 is 22.3 Å². The molecule has 1 aromatic rings. The molecule has 0 saturated carbocycles. The van der Waals surface area contributed by atoms with Crippen molar-refractivity contribution in [1.29, 1.82) is 0 Å². The lowest BCUT2D eigenvalue weighted by molar-refractivity contribution is -0.141. The molecule has 90 valence electrons. The summed E-state index contributed by atoms with van der Waals surface area (Å²) in [7, 11) is 0. The van der Waals surface area contributed by atoms with Crippen LogP contribution in [0.1, 0.15) is 23.4 Å². The van der Waals surface area contributed by atoms with Crippen LogP contribution in [0.4, 0.5) is 13.2 Å². The number of halogens is 3. The van der Waals surface area contributed by atoms with Crippen LogP contribution in [0.2, 0.25) is 0 Å². The number of oxazole rings is 1. The molecule has 1 atom stereocenters. The first-order valence-corrected chi connectivity index (χ1v) is 4.84. The Kier molecular flexibility index (Phi) is 2.90. The van der Waals surface area contributed by atoms with Gasteiger partial charge in [0.1, 0.15) is 11.8 Å². The van der Waals surface area contributed by atoms with E-state index in [0.29, 0.717) is 13.2 Å². The summed E-state index contributed by atoms with van der Waals surface area (Å²) in [5.74, 6) is -0.181. The molecule has 4 nitrogen and oxygen atoms in total. The molecule has 1 unspecified atom stereocenters. The highest BCUT2D eigenvalue weighted by Gasteiger charge is 2.38. The van der Waals surface area contributed by atoms with E-state index in [1.54, 1.807) is 0 Å². The van der Waals surface area contributed by atoms with Gasteiger partial charge in [-0.05, 0) is 6.92 Å². The van der Waals surface area contributed by atoms with Gasteiger partial charge in [-0.2, -0.15) is 13.2 Å². The molecule has 2 rings (SSSR count). The molecule has 0 aliphatic carbocycles. The predicted octanol–water partition coefficient (Wildman–Crippen LogP) is 1.66. The van der Waals surface area contributed by atoms with E-state index in [0.717, 1.165) is 0 Å². The standard InChI is InChI=1S/C9H11F3N2O2/c1-5-7(9(10,11)12)14-8(16-5)6-4-15-3-2-13-6/h6,13H,2-4H2,1H3. The lowest BCUT2D eigenvalue weighted by Crippen LogP contribution is -2.34. The van der Waals surface area contributed by atoms with Gasteiger partial charge in [0.25, 0.3) is 0 Å². The smallest absolute Gasteiger partial charge is 0.436 e. The van der Waals surface area contributed by atoms with Crippen molar-refractivity contribution in [1.82, 2.24) is 10.3 Å². The van der Waals surface area contributed by atoms with Crippen LogP contribution in [0.15, 0.2) is 4.42 Å². The van der Waals surface area contributed by atoms with Crippen molar-refractivity contribution in [3.05, 3.63) is 17.3 Å². The molecule has 0 spiro atoms.